The van der Waals surface area contributed by atoms with Gasteiger partial charge in [-0.3, -0.25) is 4.79 Å². The van der Waals surface area contributed by atoms with Crippen LogP contribution in [0.25, 0.3) is 6.08 Å². The Morgan fingerprint density at radius 2 is 1.72 bits per heavy atom. The van der Waals surface area contributed by atoms with Crippen molar-refractivity contribution in [2.24, 2.45) is 0 Å². The summed E-state index contributed by atoms with van der Waals surface area (Å²) >= 11 is 0. The Balaban J connectivity index is 1.56. The molecule has 3 nitrogen and oxygen atoms in total. The SMILES string of the molecule is CCc1ccc(/C=C2\Oc3cc(OCc4ccccc4C)cc(C)c3C2=O)cc1. The second kappa shape index (κ2) is 7.96. The molecule has 0 saturated heterocycles. The molecule has 3 aromatic carbocycles. The highest BCUT2D eigenvalue weighted by molar-refractivity contribution is 6.15. The van der Waals surface area contributed by atoms with E-state index in [-0.39, 0.29) is 5.78 Å². The molecular weight excluding hydrogens is 360 g/mol. The summed E-state index contributed by atoms with van der Waals surface area (Å²) in [4.78, 5) is 12.8. The van der Waals surface area contributed by atoms with E-state index >= 15 is 0 Å². The summed E-state index contributed by atoms with van der Waals surface area (Å²) < 4.78 is 11.9. The van der Waals surface area contributed by atoms with Crippen LogP contribution in [-0.2, 0) is 13.0 Å². The Morgan fingerprint density at radius 1 is 0.966 bits per heavy atom. The highest BCUT2D eigenvalue weighted by atomic mass is 16.5. The van der Waals surface area contributed by atoms with Gasteiger partial charge in [-0.15, -0.1) is 0 Å². The van der Waals surface area contributed by atoms with Crippen molar-refractivity contribution in [3.05, 3.63) is 99.8 Å². The van der Waals surface area contributed by atoms with Crippen molar-refractivity contribution < 1.29 is 14.3 Å². The third-order valence-corrected chi connectivity index (χ3v) is 5.28. The average molecular weight is 384 g/mol. The number of rotatable bonds is 5. The lowest BCUT2D eigenvalue weighted by molar-refractivity contribution is 0.101. The topological polar surface area (TPSA) is 35.5 Å². The van der Waals surface area contributed by atoms with Crippen LogP contribution in [0, 0.1) is 13.8 Å². The van der Waals surface area contributed by atoms with Gasteiger partial charge in [-0.2, -0.15) is 0 Å². The Hall–Kier alpha value is -3.33. The number of hydrogen-bond acceptors (Lipinski definition) is 3. The number of benzene rings is 3. The molecule has 0 atom stereocenters. The van der Waals surface area contributed by atoms with E-state index in [9.17, 15) is 4.79 Å². The molecule has 0 saturated carbocycles. The highest BCUT2D eigenvalue weighted by Crippen LogP contribution is 2.37. The first-order valence-corrected chi connectivity index (χ1v) is 9.90. The molecule has 3 aromatic rings. The zero-order valence-electron chi connectivity index (χ0n) is 17.0. The molecule has 0 bridgehead atoms. The van der Waals surface area contributed by atoms with Gasteiger partial charge in [0.15, 0.2) is 5.76 Å². The standard InChI is InChI=1S/C26H24O3/c1-4-19-9-11-20(12-10-19)14-24-26(27)25-18(3)13-22(15-23(25)29-24)28-16-21-8-6-5-7-17(21)2/h5-15H,4,16H2,1-3H3/b24-14-. The molecule has 146 valence electrons. The van der Waals surface area contributed by atoms with Crippen LogP contribution in [0.2, 0.25) is 0 Å². The van der Waals surface area contributed by atoms with E-state index in [2.05, 4.69) is 38.1 Å². The molecule has 0 radical (unpaired) electrons. The summed E-state index contributed by atoms with van der Waals surface area (Å²) in [6.45, 7) is 6.58. The van der Waals surface area contributed by atoms with Gasteiger partial charge in [0, 0.05) is 6.07 Å². The van der Waals surface area contributed by atoms with Crippen LogP contribution in [0.1, 0.15) is 45.1 Å². The van der Waals surface area contributed by atoms with Gasteiger partial charge in [-0.25, -0.2) is 0 Å². The van der Waals surface area contributed by atoms with Gasteiger partial charge < -0.3 is 9.47 Å². The van der Waals surface area contributed by atoms with Crippen molar-refractivity contribution >= 4 is 11.9 Å². The number of aryl methyl sites for hydroxylation is 3. The van der Waals surface area contributed by atoms with Gasteiger partial charge in [0.05, 0.1) is 5.56 Å². The summed E-state index contributed by atoms with van der Waals surface area (Å²) in [6.07, 6.45) is 2.79. The number of ether oxygens (including phenoxy) is 2. The van der Waals surface area contributed by atoms with Crippen LogP contribution in [0.3, 0.4) is 0 Å². The van der Waals surface area contributed by atoms with Crippen molar-refractivity contribution in [2.75, 3.05) is 0 Å². The molecule has 1 aliphatic rings. The number of carbonyl (C=O) groups excluding carboxylic acids is 1. The van der Waals surface area contributed by atoms with E-state index in [1.165, 1.54) is 11.1 Å². The van der Waals surface area contributed by atoms with Gasteiger partial charge in [-0.05, 0) is 60.2 Å². The van der Waals surface area contributed by atoms with Gasteiger partial charge >= 0.3 is 0 Å². The number of ketones is 1. The molecule has 4 rings (SSSR count). The number of Topliss-reactive ketones (excluding diaryl/α,β-unsaturated/α-hetero) is 1. The van der Waals surface area contributed by atoms with Crippen molar-refractivity contribution in [1.29, 1.82) is 0 Å². The third-order valence-electron chi connectivity index (χ3n) is 5.28. The van der Waals surface area contributed by atoms with Crippen LogP contribution in [0.4, 0.5) is 0 Å². The summed E-state index contributed by atoms with van der Waals surface area (Å²) in [7, 11) is 0. The second-order valence-corrected chi connectivity index (χ2v) is 7.36. The Labute approximate surface area is 171 Å². The van der Waals surface area contributed by atoms with Gasteiger partial charge in [0.25, 0.3) is 0 Å². The predicted octanol–water partition coefficient (Wildman–Crippen LogP) is 6.06. The number of fused-ring (bicyclic) bond motifs is 1. The van der Waals surface area contributed by atoms with E-state index in [1.54, 1.807) is 12.1 Å². The fourth-order valence-corrected chi connectivity index (χ4v) is 3.49. The number of hydrogen-bond donors (Lipinski definition) is 0. The average Bonchev–Trinajstić information content (AvgIpc) is 3.03. The molecule has 0 N–H and O–H groups in total. The van der Waals surface area contributed by atoms with E-state index in [0.717, 1.165) is 23.1 Å². The summed E-state index contributed by atoms with van der Waals surface area (Å²) in [5, 5.41) is 0. The first-order chi connectivity index (χ1) is 14.0. The molecule has 29 heavy (non-hydrogen) atoms. The largest absolute Gasteiger partial charge is 0.489 e. The van der Waals surface area contributed by atoms with Crippen molar-refractivity contribution in [1.82, 2.24) is 0 Å². The smallest absolute Gasteiger partial charge is 0.232 e. The number of carbonyl (C=O) groups is 1. The normalized spacial score (nSPS) is 14.0. The van der Waals surface area contributed by atoms with Gasteiger partial charge in [-0.1, -0.05) is 55.5 Å². The highest BCUT2D eigenvalue weighted by Gasteiger charge is 2.30. The minimum atomic E-state index is -0.0810. The summed E-state index contributed by atoms with van der Waals surface area (Å²) in [6, 6.07) is 20.0. The fourth-order valence-electron chi connectivity index (χ4n) is 3.49. The minimum Gasteiger partial charge on any atom is -0.489 e. The van der Waals surface area contributed by atoms with Crippen LogP contribution in [0.5, 0.6) is 11.5 Å². The second-order valence-electron chi connectivity index (χ2n) is 7.36. The first kappa shape index (κ1) is 19.0. The summed E-state index contributed by atoms with van der Waals surface area (Å²) in [5.41, 5.74) is 6.02. The molecule has 1 heterocycles. The molecule has 0 unspecified atom stereocenters. The maximum atomic E-state index is 12.8. The monoisotopic (exact) mass is 384 g/mol. The quantitative estimate of drug-likeness (QED) is 0.502. The van der Waals surface area contributed by atoms with Crippen molar-refractivity contribution in [3.63, 3.8) is 0 Å². The maximum absolute atomic E-state index is 12.8. The molecule has 0 spiro atoms. The van der Waals surface area contributed by atoms with Crippen molar-refractivity contribution in [2.45, 2.75) is 33.8 Å². The Bertz CT molecular complexity index is 1090. The zero-order chi connectivity index (χ0) is 20.4. The lowest BCUT2D eigenvalue weighted by atomic mass is 10.0. The fraction of sp³-hybridized carbons (Fsp3) is 0.192. The van der Waals surface area contributed by atoms with Gasteiger partial charge in [0.1, 0.15) is 18.1 Å². The predicted molar refractivity (Wildman–Crippen MR) is 115 cm³/mol. The van der Waals surface area contributed by atoms with E-state index < -0.39 is 0 Å². The molecule has 0 aromatic heterocycles. The van der Waals surface area contributed by atoms with Crippen molar-refractivity contribution in [3.8, 4) is 11.5 Å². The molecule has 0 aliphatic carbocycles. The Morgan fingerprint density at radius 3 is 2.45 bits per heavy atom. The lowest BCUT2D eigenvalue weighted by Crippen LogP contribution is -2.00. The lowest BCUT2D eigenvalue weighted by Gasteiger charge is -2.10. The van der Waals surface area contributed by atoms with E-state index in [4.69, 9.17) is 9.47 Å². The van der Waals surface area contributed by atoms with Crippen LogP contribution in [-0.4, -0.2) is 5.78 Å². The maximum Gasteiger partial charge on any atom is 0.232 e. The molecule has 1 aliphatic heterocycles. The molecular formula is C26H24O3. The molecule has 0 fully saturated rings. The molecule has 0 amide bonds. The minimum absolute atomic E-state index is 0.0810. The van der Waals surface area contributed by atoms with Crippen LogP contribution >= 0.6 is 0 Å². The first-order valence-electron chi connectivity index (χ1n) is 9.90. The van der Waals surface area contributed by atoms with Crippen LogP contribution in [0.15, 0.2) is 66.4 Å². The van der Waals surface area contributed by atoms with Gasteiger partial charge in [0.2, 0.25) is 5.78 Å². The third kappa shape index (κ3) is 3.95. The van der Waals surface area contributed by atoms with E-state index in [0.29, 0.717) is 29.4 Å². The summed E-state index contributed by atoms with van der Waals surface area (Å²) in [5.74, 6) is 1.53. The van der Waals surface area contributed by atoms with Crippen LogP contribution < -0.4 is 9.47 Å². The zero-order valence-corrected chi connectivity index (χ0v) is 17.0. The van der Waals surface area contributed by atoms with E-state index in [1.807, 2.05) is 37.3 Å². The Kier molecular flexibility index (Phi) is 5.22. The molecule has 3 heteroatoms. The number of allylic oxidation sites excluding steroid dienone is 1.